The molecule has 0 unspecified atom stereocenters. The fraction of sp³-hybridized carbons (Fsp3) is 1.00. The molecule has 14 atom stereocenters. The summed E-state index contributed by atoms with van der Waals surface area (Å²) in [7, 11) is 0. The van der Waals surface area contributed by atoms with Crippen LogP contribution >= 0.6 is 0 Å². The van der Waals surface area contributed by atoms with Crippen LogP contribution in [0, 0.1) is 0 Å². The standard InChI is InChI=1S/C18H32O14/c1-5-10(22)11(23)14(26)18(28-5)30-7-2-6(21)8(3-19)31-17(7)32-15-9(4-20)29-16(27)13(25)12(15)24/h5-27H,2-4H2,1H3/t5-,6+,7+,8+,9+,10+,11+,12+,13+,14-,15+,16-,17-,18-/m0/s1. The average molecular weight is 472 g/mol. The van der Waals surface area contributed by atoms with Crippen LogP contribution in [0.15, 0.2) is 0 Å². The van der Waals surface area contributed by atoms with E-state index in [2.05, 4.69) is 0 Å². The summed E-state index contributed by atoms with van der Waals surface area (Å²) in [6, 6.07) is 0. The van der Waals surface area contributed by atoms with Gasteiger partial charge in [-0.25, -0.2) is 0 Å². The molecule has 0 radical (unpaired) electrons. The minimum atomic E-state index is -1.77. The summed E-state index contributed by atoms with van der Waals surface area (Å²) in [6.45, 7) is 0.168. The molecule has 3 fully saturated rings. The van der Waals surface area contributed by atoms with Gasteiger partial charge in [0.1, 0.15) is 54.9 Å². The van der Waals surface area contributed by atoms with E-state index < -0.39 is 99.2 Å². The van der Waals surface area contributed by atoms with E-state index in [0.29, 0.717) is 0 Å². The summed E-state index contributed by atoms with van der Waals surface area (Å²) in [5, 5.41) is 89.1. The first kappa shape index (κ1) is 26.1. The van der Waals surface area contributed by atoms with Crippen molar-refractivity contribution in [1.82, 2.24) is 0 Å². The van der Waals surface area contributed by atoms with Crippen LogP contribution in [-0.4, -0.2) is 145 Å². The lowest BCUT2D eigenvalue weighted by Gasteiger charge is -2.46. The molecule has 3 rings (SSSR count). The van der Waals surface area contributed by atoms with Gasteiger partial charge in [0.2, 0.25) is 0 Å². The zero-order valence-electron chi connectivity index (χ0n) is 17.3. The summed E-state index contributed by atoms with van der Waals surface area (Å²) < 4.78 is 27.3. The topological polar surface area (TPSA) is 228 Å². The van der Waals surface area contributed by atoms with E-state index >= 15 is 0 Å². The molecule has 0 aromatic carbocycles. The number of aliphatic hydroxyl groups excluding tert-OH is 9. The van der Waals surface area contributed by atoms with Gasteiger partial charge in [0.25, 0.3) is 0 Å². The Morgan fingerprint density at radius 1 is 0.688 bits per heavy atom. The van der Waals surface area contributed by atoms with Crippen LogP contribution in [0.2, 0.25) is 0 Å². The van der Waals surface area contributed by atoms with E-state index in [-0.39, 0.29) is 6.42 Å². The summed E-state index contributed by atoms with van der Waals surface area (Å²) in [5.74, 6) is 0. The van der Waals surface area contributed by atoms with Crippen LogP contribution < -0.4 is 0 Å². The van der Waals surface area contributed by atoms with Crippen LogP contribution in [-0.2, 0) is 23.7 Å². The van der Waals surface area contributed by atoms with Crippen molar-refractivity contribution in [3.63, 3.8) is 0 Å². The van der Waals surface area contributed by atoms with Gasteiger partial charge in [-0.05, 0) is 6.92 Å². The average Bonchev–Trinajstić information content (AvgIpc) is 2.77. The van der Waals surface area contributed by atoms with Crippen molar-refractivity contribution in [3.8, 4) is 0 Å². The monoisotopic (exact) mass is 472 g/mol. The molecule has 9 N–H and O–H groups in total. The Bertz CT molecular complexity index is 594. The Morgan fingerprint density at radius 2 is 1.34 bits per heavy atom. The summed E-state index contributed by atoms with van der Waals surface area (Å²) >= 11 is 0. The third kappa shape index (κ3) is 5.24. The Morgan fingerprint density at radius 3 is 1.97 bits per heavy atom. The second-order valence-electron chi connectivity index (χ2n) is 8.21. The van der Waals surface area contributed by atoms with Gasteiger partial charge >= 0.3 is 0 Å². The number of hydrogen-bond donors (Lipinski definition) is 9. The highest BCUT2D eigenvalue weighted by Gasteiger charge is 2.50. The van der Waals surface area contributed by atoms with Gasteiger partial charge in [-0.15, -0.1) is 0 Å². The molecule has 14 nitrogen and oxygen atoms in total. The molecule has 3 saturated heterocycles. The summed E-state index contributed by atoms with van der Waals surface area (Å²) in [4.78, 5) is 0. The van der Waals surface area contributed by atoms with E-state index in [1.54, 1.807) is 0 Å². The first-order chi connectivity index (χ1) is 15.1. The first-order valence-electron chi connectivity index (χ1n) is 10.3. The summed E-state index contributed by atoms with van der Waals surface area (Å²) in [5.41, 5.74) is 0. The van der Waals surface area contributed by atoms with Crippen LogP contribution in [0.4, 0.5) is 0 Å². The predicted molar refractivity (Wildman–Crippen MR) is 98.5 cm³/mol. The van der Waals surface area contributed by atoms with E-state index in [4.69, 9.17) is 23.7 Å². The van der Waals surface area contributed by atoms with Crippen molar-refractivity contribution in [2.24, 2.45) is 0 Å². The molecule has 3 heterocycles. The molecule has 188 valence electrons. The Hall–Kier alpha value is -0.560. The molecular weight excluding hydrogens is 440 g/mol. The lowest BCUT2D eigenvalue weighted by atomic mass is 9.97. The number of rotatable bonds is 6. The maximum Gasteiger partial charge on any atom is 0.187 e. The molecule has 3 aliphatic heterocycles. The molecule has 3 aliphatic rings. The highest BCUT2D eigenvalue weighted by Crippen LogP contribution is 2.32. The quantitative estimate of drug-likeness (QED) is 0.176. The molecule has 0 aromatic heterocycles. The van der Waals surface area contributed by atoms with Gasteiger partial charge < -0.3 is 69.6 Å². The maximum atomic E-state index is 10.3. The number of hydrogen-bond acceptors (Lipinski definition) is 14. The fourth-order valence-corrected chi connectivity index (χ4v) is 3.94. The van der Waals surface area contributed by atoms with Crippen molar-refractivity contribution in [2.45, 2.75) is 99.4 Å². The van der Waals surface area contributed by atoms with Crippen molar-refractivity contribution in [1.29, 1.82) is 0 Å². The minimum absolute atomic E-state index is 0.186. The second-order valence-corrected chi connectivity index (χ2v) is 8.21. The Kier molecular flexibility index (Phi) is 8.79. The van der Waals surface area contributed by atoms with Gasteiger partial charge in [0, 0.05) is 6.42 Å². The smallest absolute Gasteiger partial charge is 0.187 e. The van der Waals surface area contributed by atoms with Crippen molar-refractivity contribution >= 4 is 0 Å². The highest BCUT2D eigenvalue weighted by atomic mass is 16.8. The van der Waals surface area contributed by atoms with E-state index in [9.17, 15) is 46.0 Å². The van der Waals surface area contributed by atoms with Crippen LogP contribution in [0.3, 0.4) is 0 Å². The van der Waals surface area contributed by atoms with Crippen molar-refractivity contribution in [2.75, 3.05) is 13.2 Å². The highest BCUT2D eigenvalue weighted by molar-refractivity contribution is 4.93. The molecule has 0 amide bonds. The molecule has 0 spiro atoms. The van der Waals surface area contributed by atoms with Crippen molar-refractivity contribution < 1.29 is 69.6 Å². The van der Waals surface area contributed by atoms with Gasteiger partial charge in [0.05, 0.1) is 25.4 Å². The third-order valence-electron chi connectivity index (χ3n) is 5.94. The van der Waals surface area contributed by atoms with Crippen LogP contribution in [0.1, 0.15) is 13.3 Å². The zero-order chi connectivity index (χ0) is 23.7. The van der Waals surface area contributed by atoms with Gasteiger partial charge in [-0.3, -0.25) is 0 Å². The zero-order valence-corrected chi connectivity index (χ0v) is 17.3. The van der Waals surface area contributed by atoms with Gasteiger partial charge in [-0.2, -0.15) is 0 Å². The van der Waals surface area contributed by atoms with E-state index in [1.807, 2.05) is 0 Å². The van der Waals surface area contributed by atoms with Crippen molar-refractivity contribution in [3.05, 3.63) is 0 Å². The Labute approximate surface area is 183 Å². The van der Waals surface area contributed by atoms with Crippen LogP contribution in [0.25, 0.3) is 0 Å². The van der Waals surface area contributed by atoms with E-state index in [1.165, 1.54) is 6.92 Å². The predicted octanol–water partition coefficient (Wildman–Crippen LogP) is -5.52. The normalized spacial score (nSPS) is 52.7. The number of ether oxygens (including phenoxy) is 5. The lowest BCUT2D eigenvalue weighted by molar-refractivity contribution is -0.371. The first-order valence-corrected chi connectivity index (χ1v) is 10.3. The third-order valence-corrected chi connectivity index (χ3v) is 5.94. The van der Waals surface area contributed by atoms with Crippen LogP contribution in [0.5, 0.6) is 0 Å². The molecular formula is C18H32O14. The molecule has 0 bridgehead atoms. The largest absolute Gasteiger partial charge is 0.394 e. The second kappa shape index (κ2) is 10.8. The molecule has 0 saturated carbocycles. The molecule has 0 aromatic rings. The van der Waals surface area contributed by atoms with E-state index in [0.717, 1.165) is 0 Å². The Balaban J connectivity index is 1.77. The SMILES string of the molecule is C[C@@H]1O[C@@H](O[C@@H]2C[C@@H](O)[C@@H](CO)O[C@H]2O[C@H]2[C@H](O)[C@@H](O)[C@@H](O)O[C@@H]2CO)[C@@H](O)[C@H](O)[C@@H]1O. The van der Waals surface area contributed by atoms with Gasteiger partial charge in [-0.1, -0.05) is 0 Å². The molecule has 32 heavy (non-hydrogen) atoms. The lowest BCUT2D eigenvalue weighted by Crippen LogP contribution is -2.63. The van der Waals surface area contributed by atoms with Gasteiger partial charge in [0.15, 0.2) is 18.9 Å². The number of aliphatic hydroxyl groups is 9. The fourth-order valence-electron chi connectivity index (χ4n) is 3.94. The maximum absolute atomic E-state index is 10.3. The molecule has 14 heteroatoms. The summed E-state index contributed by atoms with van der Waals surface area (Å²) in [6.07, 6.45) is -20.0. The molecule has 0 aliphatic carbocycles. The minimum Gasteiger partial charge on any atom is -0.394 e.